The van der Waals surface area contributed by atoms with Gasteiger partial charge in [0.15, 0.2) is 0 Å². The van der Waals surface area contributed by atoms with E-state index < -0.39 is 0 Å². The third-order valence-electron chi connectivity index (χ3n) is 3.14. The summed E-state index contributed by atoms with van der Waals surface area (Å²) in [6, 6.07) is 9.74. The minimum absolute atomic E-state index is 0.667. The van der Waals surface area contributed by atoms with Crippen molar-refractivity contribution in [3.8, 4) is 11.1 Å². The van der Waals surface area contributed by atoms with E-state index in [2.05, 4.69) is 15.2 Å². The zero-order valence-corrected chi connectivity index (χ0v) is 11.7. The first-order valence-corrected chi connectivity index (χ1v) is 6.65. The molecule has 0 atom stereocenters. The molecule has 2 aromatic heterocycles. The fourth-order valence-corrected chi connectivity index (χ4v) is 2.16. The Morgan fingerprint density at radius 2 is 1.95 bits per heavy atom. The number of rotatable bonds is 3. The van der Waals surface area contributed by atoms with Crippen molar-refractivity contribution in [3.05, 3.63) is 65.5 Å². The van der Waals surface area contributed by atoms with Crippen molar-refractivity contribution in [1.82, 2.24) is 19.7 Å². The van der Waals surface area contributed by atoms with Crippen molar-refractivity contribution in [3.63, 3.8) is 0 Å². The van der Waals surface area contributed by atoms with E-state index in [9.17, 15) is 0 Å². The largest absolute Gasteiger partial charge is 0.329 e. The zero-order chi connectivity index (χ0) is 13.9. The molecule has 20 heavy (non-hydrogen) atoms. The topological polar surface area (TPSA) is 43.6 Å². The Balaban J connectivity index is 1.90. The van der Waals surface area contributed by atoms with Gasteiger partial charge in [0.1, 0.15) is 5.82 Å². The van der Waals surface area contributed by atoms with E-state index in [0.717, 1.165) is 27.7 Å². The van der Waals surface area contributed by atoms with Crippen molar-refractivity contribution >= 4 is 11.6 Å². The molecule has 0 aliphatic rings. The van der Waals surface area contributed by atoms with Crippen LogP contribution >= 0.6 is 11.6 Å². The number of hydrogen-bond acceptors (Lipinski definition) is 3. The maximum atomic E-state index is 5.90. The van der Waals surface area contributed by atoms with Crippen LogP contribution in [-0.4, -0.2) is 19.7 Å². The van der Waals surface area contributed by atoms with E-state index in [4.69, 9.17) is 11.6 Å². The normalized spacial score (nSPS) is 10.7. The van der Waals surface area contributed by atoms with Crippen LogP contribution in [0.4, 0.5) is 0 Å². The van der Waals surface area contributed by atoms with Gasteiger partial charge in [-0.1, -0.05) is 23.7 Å². The van der Waals surface area contributed by atoms with Crippen LogP contribution in [0.3, 0.4) is 0 Å². The number of aryl methyl sites for hydroxylation is 1. The van der Waals surface area contributed by atoms with Crippen LogP contribution in [0, 0.1) is 6.92 Å². The molecule has 0 saturated heterocycles. The first-order valence-electron chi connectivity index (χ1n) is 6.27. The molecule has 3 aromatic rings. The smallest absolute Gasteiger partial charge is 0.105 e. The van der Waals surface area contributed by atoms with Gasteiger partial charge in [0.05, 0.1) is 18.4 Å². The van der Waals surface area contributed by atoms with Gasteiger partial charge < -0.3 is 4.57 Å². The first-order chi connectivity index (χ1) is 9.72. The fourth-order valence-electron chi connectivity index (χ4n) is 2.03. The van der Waals surface area contributed by atoms with Gasteiger partial charge in [0.2, 0.25) is 0 Å². The average Bonchev–Trinajstić information content (AvgIpc) is 2.85. The van der Waals surface area contributed by atoms with Crippen molar-refractivity contribution in [2.45, 2.75) is 13.5 Å². The number of benzene rings is 1. The van der Waals surface area contributed by atoms with E-state index >= 15 is 0 Å². The summed E-state index contributed by atoms with van der Waals surface area (Å²) >= 11 is 5.90. The van der Waals surface area contributed by atoms with E-state index in [1.807, 2.05) is 48.0 Å². The van der Waals surface area contributed by atoms with Crippen LogP contribution in [0.2, 0.25) is 5.02 Å². The lowest BCUT2D eigenvalue weighted by molar-refractivity contribution is 0.727. The highest BCUT2D eigenvalue weighted by Gasteiger charge is 2.04. The Morgan fingerprint density at radius 1 is 1.15 bits per heavy atom. The number of hydrogen-bond donors (Lipinski definition) is 0. The third-order valence-corrected chi connectivity index (χ3v) is 3.39. The van der Waals surface area contributed by atoms with Crippen LogP contribution in [0.25, 0.3) is 11.1 Å². The molecule has 3 rings (SSSR count). The maximum Gasteiger partial charge on any atom is 0.105 e. The summed E-state index contributed by atoms with van der Waals surface area (Å²) in [6.07, 6.45) is 5.48. The predicted octanol–water partition coefficient (Wildman–Crippen LogP) is 3.35. The summed E-state index contributed by atoms with van der Waals surface area (Å²) in [5, 5.41) is 8.98. The van der Waals surface area contributed by atoms with Gasteiger partial charge in [-0.15, -0.1) is 0 Å². The van der Waals surface area contributed by atoms with Crippen molar-refractivity contribution < 1.29 is 0 Å². The van der Waals surface area contributed by atoms with Crippen molar-refractivity contribution in [2.24, 2.45) is 0 Å². The number of aromatic nitrogens is 4. The zero-order valence-electron chi connectivity index (χ0n) is 11.0. The Morgan fingerprint density at radius 3 is 2.65 bits per heavy atom. The highest BCUT2D eigenvalue weighted by Crippen LogP contribution is 2.21. The van der Waals surface area contributed by atoms with Gasteiger partial charge in [-0.25, -0.2) is 4.98 Å². The molecule has 100 valence electrons. The highest BCUT2D eigenvalue weighted by molar-refractivity contribution is 6.30. The predicted molar refractivity (Wildman–Crippen MR) is 78.5 cm³/mol. The summed E-state index contributed by atoms with van der Waals surface area (Å²) in [5.41, 5.74) is 3.01. The van der Waals surface area contributed by atoms with E-state index in [0.29, 0.717) is 6.54 Å². The fraction of sp³-hybridized carbons (Fsp3) is 0.133. The summed E-state index contributed by atoms with van der Waals surface area (Å²) in [6.45, 7) is 2.64. The quantitative estimate of drug-likeness (QED) is 0.741. The van der Waals surface area contributed by atoms with Crippen LogP contribution in [-0.2, 0) is 6.54 Å². The summed E-state index contributed by atoms with van der Waals surface area (Å²) < 4.78 is 2.04. The number of imidazole rings is 1. The second-order valence-electron chi connectivity index (χ2n) is 4.54. The Bertz CT molecular complexity index is 719. The summed E-state index contributed by atoms with van der Waals surface area (Å²) in [4.78, 5) is 4.20. The molecule has 1 aromatic carbocycles. The molecule has 2 heterocycles. The number of nitrogens with zero attached hydrogens (tertiary/aromatic N) is 4. The molecule has 0 aliphatic carbocycles. The van der Waals surface area contributed by atoms with Gasteiger partial charge in [-0.05, 0) is 30.7 Å². The molecule has 0 unspecified atom stereocenters. The molecule has 0 radical (unpaired) electrons. The monoisotopic (exact) mass is 284 g/mol. The summed E-state index contributed by atoms with van der Waals surface area (Å²) in [5.74, 6) is 0.962. The minimum Gasteiger partial charge on any atom is -0.329 e. The van der Waals surface area contributed by atoms with Gasteiger partial charge >= 0.3 is 0 Å². The average molecular weight is 285 g/mol. The Labute approximate surface area is 122 Å². The molecule has 0 saturated carbocycles. The van der Waals surface area contributed by atoms with Gasteiger partial charge in [-0.3, -0.25) is 0 Å². The Hall–Kier alpha value is -2.20. The molecule has 0 bridgehead atoms. The molecule has 0 fully saturated rings. The molecule has 0 spiro atoms. The number of halogens is 1. The van der Waals surface area contributed by atoms with Crippen LogP contribution in [0.15, 0.2) is 48.9 Å². The molecule has 5 heteroatoms. The lowest BCUT2D eigenvalue weighted by Gasteiger charge is -2.06. The van der Waals surface area contributed by atoms with E-state index in [1.54, 1.807) is 12.4 Å². The van der Waals surface area contributed by atoms with E-state index in [-0.39, 0.29) is 0 Å². The second kappa shape index (κ2) is 5.43. The van der Waals surface area contributed by atoms with Gasteiger partial charge in [0.25, 0.3) is 0 Å². The van der Waals surface area contributed by atoms with Gasteiger partial charge in [0, 0.05) is 23.0 Å². The van der Waals surface area contributed by atoms with Crippen molar-refractivity contribution in [2.75, 3.05) is 0 Å². The van der Waals surface area contributed by atoms with Crippen LogP contribution in [0.5, 0.6) is 0 Å². The molecule has 0 amide bonds. The maximum absolute atomic E-state index is 5.90. The minimum atomic E-state index is 0.667. The molecular weight excluding hydrogens is 272 g/mol. The molecular formula is C15H13ClN4. The lowest BCUT2D eigenvalue weighted by Crippen LogP contribution is -2.04. The van der Waals surface area contributed by atoms with E-state index in [1.165, 1.54) is 0 Å². The molecule has 4 nitrogen and oxygen atoms in total. The van der Waals surface area contributed by atoms with Crippen LogP contribution < -0.4 is 0 Å². The Kier molecular flexibility index (Phi) is 3.48. The third kappa shape index (κ3) is 2.70. The molecule has 0 aliphatic heterocycles. The molecule has 0 N–H and O–H groups in total. The summed E-state index contributed by atoms with van der Waals surface area (Å²) in [7, 11) is 0. The standard InChI is InChI=1S/C15H13ClN4/c1-11-17-6-7-20(11)10-15-8-13(9-18-19-15)12-2-4-14(16)5-3-12/h2-9H,10H2,1H3. The van der Waals surface area contributed by atoms with Gasteiger partial charge in [-0.2, -0.15) is 10.2 Å². The van der Waals surface area contributed by atoms with Crippen molar-refractivity contribution in [1.29, 1.82) is 0 Å². The SMILES string of the molecule is Cc1nccn1Cc1cc(-c2ccc(Cl)cc2)cnn1. The lowest BCUT2D eigenvalue weighted by atomic mass is 10.1. The highest BCUT2D eigenvalue weighted by atomic mass is 35.5. The second-order valence-corrected chi connectivity index (χ2v) is 4.98. The first kappa shape index (κ1) is 12.8. The van der Waals surface area contributed by atoms with Crippen LogP contribution in [0.1, 0.15) is 11.5 Å².